The number of carbonyl (C=O) groups is 4. The first kappa shape index (κ1) is 47.2. The molecule has 6 aliphatic rings. The fourth-order valence-corrected chi connectivity index (χ4v) is 11.5. The molecule has 69 heavy (non-hydrogen) atoms. The fourth-order valence-electron chi connectivity index (χ4n) is 11.3. The van der Waals surface area contributed by atoms with Crippen molar-refractivity contribution in [2.24, 2.45) is 5.92 Å². The SMILES string of the molecule is CNc1cc(N2CCc3c(CN4CCC(N5CCC(CN6CCN(C(=O)c7cc(Cl)c(C)c(N8CCC(=O)NC8=O)c7)CC6)CC5)C(F)(F)C4)cccc32)nn2c(C(=O)N[C@@H]3CC[C@H]3OC)cnc12. The van der Waals surface area contributed by atoms with E-state index in [1.54, 1.807) is 36.9 Å². The van der Waals surface area contributed by atoms with E-state index in [4.69, 9.17) is 21.4 Å². The quantitative estimate of drug-likeness (QED) is 0.171. The number of likely N-dealkylation sites (tertiary alicyclic amines) is 2. The number of benzene rings is 2. The molecule has 3 N–H and O–H groups in total. The summed E-state index contributed by atoms with van der Waals surface area (Å²) in [5.74, 6) is -2.56. The molecule has 5 fully saturated rings. The number of hydrogen-bond acceptors (Lipinski definition) is 12. The van der Waals surface area contributed by atoms with E-state index in [0.29, 0.717) is 110 Å². The predicted octanol–water partition coefficient (Wildman–Crippen LogP) is 5.16. The lowest BCUT2D eigenvalue weighted by Crippen LogP contribution is -2.59. The van der Waals surface area contributed by atoms with Crippen molar-refractivity contribution >= 4 is 63.9 Å². The first-order valence-corrected chi connectivity index (χ1v) is 24.7. The van der Waals surface area contributed by atoms with Crippen molar-refractivity contribution in [2.75, 3.05) is 101 Å². The van der Waals surface area contributed by atoms with E-state index in [1.165, 1.54) is 4.90 Å². The summed E-state index contributed by atoms with van der Waals surface area (Å²) >= 11 is 6.55. The Kier molecular flexibility index (Phi) is 13.3. The van der Waals surface area contributed by atoms with E-state index in [2.05, 4.69) is 42.9 Å². The number of imidazole rings is 1. The molecule has 0 radical (unpaired) electrons. The van der Waals surface area contributed by atoms with Crippen LogP contribution >= 0.6 is 11.6 Å². The molecule has 2 aromatic heterocycles. The fraction of sp³-hybridized carbons (Fsp3) is 0.551. The maximum atomic E-state index is 16.2. The van der Waals surface area contributed by atoms with Crippen LogP contribution in [0.4, 0.5) is 36.5 Å². The number of carbonyl (C=O) groups excluding carboxylic acids is 4. The Morgan fingerprint density at radius 1 is 0.913 bits per heavy atom. The molecule has 1 saturated carbocycles. The molecule has 10 rings (SSSR count). The van der Waals surface area contributed by atoms with Crippen LogP contribution in [0.1, 0.15) is 76.1 Å². The van der Waals surface area contributed by atoms with Gasteiger partial charge in [0.05, 0.1) is 42.3 Å². The van der Waals surface area contributed by atoms with Gasteiger partial charge in [-0.25, -0.2) is 23.1 Å². The third-order valence-corrected chi connectivity index (χ3v) is 15.8. The maximum Gasteiger partial charge on any atom is 0.328 e. The zero-order chi connectivity index (χ0) is 48.1. The van der Waals surface area contributed by atoms with E-state index in [-0.39, 0.29) is 49.4 Å². The molecular weight excluding hydrogens is 910 g/mol. The number of rotatable bonds is 12. The number of amides is 5. The van der Waals surface area contributed by atoms with Gasteiger partial charge in [0.25, 0.3) is 17.7 Å². The molecule has 5 amide bonds. The van der Waals surface area contributed by atoms with Crippen LogP contribution in [0, 0.1) is 12.8 Å². The first-order chi connectivity index (χ1) is 33.3. The average Bonchev–Trinajstić information content (AvgIpc) is 3.97. The van der Waals surface area contributed by atoms with Crippen LogP contribution in [0.2, 0.25) is 5.02 Å². The van der Waals surface area contributed by atoms with Crippen molar-refractivity contribution in [2.45, 2.75) is 82.5 Å². The number of alkyl halides is 2. The number of nitrogens with zero attached hydrogens (tertiary/aromatic N) is 9. The first-order valence-electron chi connectivity index (χ1n) is 24.3. The van der Waals surface area contributed by atoms with Crippen molar-refractivity contribution in [3.8, 4) is 0 Å². The molecule has 7 heterocycles. The van der Waals surface area contributed by atoms with Gasteiger partial charge in [0.2, 0.25) is 5.91 Å². The Morgan fingerprint density at radius 3 is 2.41 bits per heavy atom. The van der Waals surface area contributed by atoms with E-state index >= 15 is 8.78 Å². The molecule has 368 valence electrons. The van der Waals surface area contributed by atoms with Crippen LogP contribution in [0.25, 0.3) is 5.65 Å². The molecule has 4 aromatic rings. The average molecular weight is 972 g/mol. The number of hydrogen-bond donors (Lipinski definition) is 3. The number of anilines is 4. The Labute approximate surface area is 405 Å². The topological polar surface area (TPSA) is 163 Å². The van der Waals surface area contributed by atoms with Gasteiger partial charge in [-0.2, -0.15) is 0 Å². The number of imide groups is 1. The molecule has 4 saturated heterocycles. The summed E-state index contributed by atoms with van der Waals surface area (Å²) in [4.78, 5) is 67.6. The summed E-state index contributed by atoms with van der Waals surface area (Å²) < 4.78 is 39.5. The number of fused-ring (bicyclic) bond motifs is 2. The van der Waals surface area contributed by atoms with Crippen molar-refractivity contribution in [1.82, 2.24) is 44.8 Å². The molecular formula is C49H61ClF2N12O5. The lowest BCUT2D eigenvalue weighted by molar-refractivity contribution is -0.134. The maximum absolute atomic E-state index is 16.2. The minimum Gasteiger partial charge on any atom is -0.385 e. The van der Waals surface area contributed by atoms with Gasteiger partial charge in [-0.1, -0.05) is 23.7 Å². The second-order valence-electron chi connectivity index (χ2n) is 19.5. The van der Waals surface area contributed by atoms with Crippen molar-refractivity contribution in [1.29, 1.82) is 0 Å². The molecule has 2 aromatic carbocycles. The Balaban J connectivity index is 0.713. The van der Waals surface area contributed by atoms with Gasteiger partial charge >= 0.3 is 6.03 Å². The van der Waals surface area contributed by atoms with E-state index < -0.39 is 18.0 Å². The zero-order valence-electron chi connectivity index (χ0n) is 39.5. The molecule has 1 aliphatic carbocycles. The monoisotopic (exact) mass is 970 g/mol. The number of halogens is 3. The van der Waals surface area contributed by atoms with Crippen LogP contribution in [0.3, 0.4) is 0 Å². The van der Waals surface area contributed by atoms with Crippen molar-refractivity contribution in [3.63, 3.8) is 0 Å². The van der Waals surface area contributed by atoms with E-state index in [0.717, 1.165) is 61.2 Å². The molecule has 0 bridgehead atoms. The third kappa shape index (κ3) is 9.35. The summed E-state index contributed by atoms with van der Waals surface area (Å²) in [6.07, 6.45) is 6.31. The highest BCUT2D eigenvalue weighted by Gasteiger charge is 2.48. The van der Waals surface area contributed by atoms with Gasteiger partial charge < -0.3 is 25.2 Å². The number of nitrogens with one attached hydrogen (secondary N) is 3. The Morgan fingerprint density at radius 2 is 1.70 bits per heavy atom. The lowest BCUT2D eigenvalue weighted by atomic mass is 9.89. The zero-order valence-corrected chi connectivity index (χ0v) is 40.2. The molecule has 1 unspecified atom stereocenters. The van der Waals surface area contributed by atoms with Gasteiger partial charge in [-0.15, -0.1) is 5.10 Å². The summed E-state index contributed by atoms with van der Waals surface area (Å²) in [6, 6.07) is 9.98. The van der Waals surface area contributed by atoms with Crippen LogP contribution in [-0.4, -0.2) is 168 Å². The normalized spacial score (nSPS) is 23.8. The minimum absolute atomic E-state index is 0.00510. The van der Waals surface area contributed by atoms with Crippen LogP contribution < -0.4 is 25.8 Å². The molecule has 3 atom stereocenters. The smallest absolute Gasteiger partial charge is 0.328 e. The predicted molar refractivity (Wildman–Crippen MR) is 258 cm³/mol. The lowest BCUT2D eigenvalue weighted by Gasteiger charge is -2.46. The van der Waals surface area contributed by atoms with Gasteiger partial charge in [-0.3, -0.25) is 39.3 Å². The van der Waals surface area contributed by atoms with Crippen LogP contribution in [0.5, 0.6) is 0 Å². The number of piperidine rings is 2. The Bertz CT molecular complexity index is 2630. The number of piperazine rings is 1. The Hall–Kier alpha value is -5.47. The number of ether oxygens (including phenoxy) is 1. The molecule has 17 nitrogen and oxygen atoms in total. The number of urea groups is 1. The van der Waals surface area contributed by atoms with E-state index in [1.807, 2.05) is 33.9 Å². The van der Waals surface area contributed by atoms with Crippen LogP contribution in [0.15, 0.2) is 42.6 Å². The van der Waals surface area contributed by atoms with E-state index in [9.17, 15) is 19.2 Å². The van der Waals surface area contributed by atoms with Gasteiger partial charge in [0.1, 0.15) is 0 Å². The summed E-state index contributed by atoms with van der Waals surface area (Å²) in [5, 5.41) is 13.9. The number of methoxy groups -OCH3 is 1. The second-order valence-corrected chi connectivity index (χ2v) is 19.9. The highest BCUT2D eigenvalue weighted by Crippen LogP contribution is 2.40. The largest absolute Gasteiger partial charge is 0.385 e. The standard InChI is InChI=1S/C49H61ClF2N12O5/c1-30-35(50)23-33(24-39(30)63-18-13-44(65)56-48(63)68)47(67)61-21-19-58(20-22-61)27-31-9-15-60(16-10-31)42-12-14-59(29-49(42,51)52)28-32-5-4-6-38-34(32)11-17-62(38)43-25-37(53-2)45-54-26-40(64(45)57-43)46(66)55-36-7-8-41(36)69-3/h4-6,23-26,31,36,41-42,53H,7-22,27-29H2,1-3H3,(H,55,66)(H,56,65,68)/t36-,41-,42?/m1/s1. The number of aromatic nitrogens is 3. The molecule has 5 aliphatic heterocycles. The molecule has 20 heteroatoms. The third-order valence-electron chi connectivity index (χ3n) is 15.4. The van der Waals surface area contributed by atoms with Crippen molar-refractivity contribution < 1.29 is 32.7 Å². The highest BCUT2D eigenvalue weighted by molar-refractivity contribution is 6.32. The summed E-state index contributed by atoms with van der Waals surface area (Å²) in [7, 11) is 3.47. The van der Waals surface area contributed by atoms with Gasteiger partial charge in [0.15, 0.2) is 17.2 Å². The van der Waals surface area contributed by atoms with Crippen LogP contribution in [-0.2, 0) is 22.5 Å². The highest BCUT2D eigenvalue weighted by atomic mass is 35.5. The summed E-state index contributed by atoms with van der Waals surface area (Å²) in [5.41, 5.74) is 6.34. The summed E-state index contributed by atoms with van der Waals surface area (Å²) in [6.45, 7) is 8.04. The van der Waals surface area contributed by atoms with Crippen molar-refractivity contribution in [3.05, 3.63) is 75.6 Å². The van der Waals surface area contributed by atoms with Gasteiger partial charge in [0, 0.05) is 102 Å². The molecule has 0 spiro atoms. The minimum atomic E-state index is -2.86. The second kappa shape index (κ2) is 19.4. The van der Waals surface area contributed by atoms with Gasteiger partial charge in [-0.05, 0) is 99.3 Å².